The summed E-state index contributed by atoms with van der Waals surface area (Å²) in [7, 11) is 0. The molecule has 0 amide bonds. The molecule has 0 radical (unpaired) electrons. The van der Waals surface area contributed by atoms with Gasteiger partial charge >= 0.3 is 0 Å². The first kappa shape index (κ1) is 16.3. The van der Waals surface area contributed by atoms with E-state index < -0.39 is 0 Å². The normalized spacial score (nSPS) is 36.5. The predicted molar refractivity (Wildman–Crippen MR) is 88.1 cm³/mol. The minimum atomic E-state index is 0.725. The maximum atomic E-state index is 3.74. The summed E-state index contributed by atoms with van der Waals surface area (Å²) in [5.41, 5.74) is 0. The van der Waals surface area contributed by atoms with Crippen molar-refractivity contribution in [1.82, 2.24) is 10.2 Å². The van der Waals surface area contributed by atoms with Gasteiger partial charge in [0.2, 0.25) is 0 Å². The lowest BCUT2D eigenvalue weighted by Crippen LogP contribution is -2.59. The van der Waals surface area contributed by atoms with Crippen LogP contribution in [0.1, 0.15) is 72.6 Å². The van der Waals surface area contributed by atoms with Gasteiger partial charge in [0.05, 0.1) is 0 Å². The van der Waals surface area contributed by atoms with Crippen molar-refractivity contribution in [3.8, 4) is 0 Å². The van der Waals surface area contributed by atoms with Gasteiger partial charge in [-0.05, 0) is 43.9 Å². The van der Waals surface area contributed by atoms with Crippen LogP contribution in [0.4, 0.5) is 0 Å². The molecule has 0 aromatic heterocycles. The highest BCUT2D eigenvalue weighted by Gasteiger charge is 2.34. The van der Waals surface area contributed by atoms with Crippen molar-refractivity contribution in [2.45, 2.75) is 90.8 Å². The van der Waals surface area contributed by atoms with Gasteiger partial charge in [0.15, 0.2) is 0 Å². The summed E-state index contributed by atoms with van der Waals surface area (Å²) in [6, 6.07) is 2.37. The maximum absolute atomic E-state index is 3.74. The Morgan fingerprint density at radius 1 is 1.15 bits per heavy atom. The van der Waals surface area contributed by atoms with Crippen LogP contribution in [0.15, 0.2) is 0 Å². The van der Waals surface area contributed by atoms with Gasteiger partial charge in [0.25, 0.3) is 0 Å². The van der Waals surface area contributed by atoms with Crippen molar-refractivity contribution in [3.63, 3.8) is 0 Å². The zero-order valence-electron chi connectivity index (χ0n) is 14.2. The molecular formula is C18H36N2. The first-order valence-corrected chi connectivity index (χ1v) is 9.13. The van der Waals surface area contributed by atoms with E-state index in [9.17, 15) is 0 Å². The van der Waals surface area contributed by atoms with Crippen molar-refractivity contribution in [3.05, 3.63) is 0 Å². The monoisotopic (exact) mass is 280 g/mol. The Morgan fingerprint density at radius 2 is 1.95 bits per heavy atom. The van der Waals surface area contributed by atoms with Crippen LogP contribution in [0.2, 0.25) is 0 Å². The first-order chi connectivity index (χ1) is 9.63. The molecule has 0 bridgehead atoms. The van der Waals surface area contributed by atoms with E-state index in [1.807, 2.05) is 0 Å². The third-order valence-electron chi connectivity index (χ3n) is 5.54. The molecule has 1 heterocycles. The lowest BCUT2D eigenvalue weighted by atomic mass is 9.79. The van der Waals surface area contributed by atoms with Gasteiger partial charge in [-0.15, -0.1) is 0 Å². The van der Waals surface area contributed by atoms with E-state index in [0.717, 1.165) is 30.0 Å². The topological polar surface area (TPSA) is 15.3 Å². The zero-order chi connectivity index (χ0) is 14.5. The van der Waals surface area contributed by atoms with Crippen molar-refractivity contribution < 1.29 is 0 Å². The van der Waals surface area contributed by atoms with Gasteiger partial charge in [0.1, 0.15) is 0 Å². The van der Waals surface area contributed by atoms with Gasteiger partial charge in [0, 0.05) is 31.2 Å². The van der Waals surface area contributed by atoms with E-state index in [1.165, 1.54) is 58.0 Å². The number of rotatable bonds is 5. The molecule has 1 aliphatic carbocycles. The number of hydrogen-bond donors (Lipinski definition) is 1. The fraction of sp³-hybridized carbons (Fsp3) is 1.00. The molecule has 2 fully saturated rings. The van der Waals surface area contributed by atoms with Gasteiger partial charge in [-0.25, -0.2) is 0 Å². The Bertz CT molecular complexity index is 277. The highest BCUT2D eigenvalue weighted by atomic mass is 15.3. The quantitative estimate of drug-likeness (QED) is 0.817. The van der Waals surface area contributed by atoms with Crippen molar-refractivity contribution in [2.75, 3.05) is 13.1 Å². The molecule has 0 aromatic rings. The summed E-state index contributed by atoms with van der Waals surface area (Å²) in [6.45, 7) is 12.0. The van der Waals surface area contributed by atoms with Gasteiger partial charge in [-0.2, -0.15) is 0 Å². The molecule has 1 saturated heterocycles. The molecule has 118 valence electrons. The van der Waals surface area contributed by atoms with E-state index in [1.54, 1.807) is 0 Å². The summed E-state index contributed by atoms with van der Waals surface area (Å²) in [4.78, 5) is 2.89. The fourth-order valence-electron chi connectivity index (χ4n) is 4.43. The average Bonchev–Trinajstić information content (AvgIpc) is 2.46. The Labute approximate surface area is 126 Å². The van der Waals surface area contributed by atoms with Crippen molar-refractivity contribution in [2.24, 2.45) is 11.8 Å². The molecule has 2 heteroatoms. The van der Waals surface area contributed by atoms with Gasteiger partial charge in [-0.3, -0.25) is 4.90 Å². The predicted octanol–water partition coefficient (Wildman–Crippen LogP) is 4.05. The molecule has 20 heavy (non-hydrogen) atoms. The molecule has 1 N–H and O–H groups in total. The van der Waals surface area contributed by atoms with Crippen LogP contribution in [0.25, 0.3) is 0 Å². The Kier molecular flexibility index (Phi) is 6.35. The summed E-state index contributed by atoms with van der Waals surface area (Å²) in [5.74, 6) is 1.85. The van der Waals surface area contributed by atoms with Gasteiger partial charge in [-0.1, -0.05) is 40.5 Å². The summed E-state index contributed by atoms with van der Waals surface area (Å²) >= 11 is 0. The highest BCUT2D eigenvalue weighted by molar-refractivity contribution is 4.91. The Balaban J connectivity index is 1.95. The minimum absolute atomic E-state index is 0.725. The van der Waals surface area contributed by atoms with Crippen LogP contribution in [-0.2, 0) is 0 Å². The van der Waals surface area contributed by atoms with E-state index in [4.69, 9.17) is 0 Å². The van der Waals surface area contributed by atoms with Crippen LogP contribution in [0.5, 0.6) is 0 Å². The fourth-order valence-corrected chi connectivity index (χ4v) is 4.43. The second-order valence-electron chi connectivity index (χ2n) is 7.59. The van der Waals surface area contributed by atoms with Crippen molar-refractivity contribution >= 4 is 0 Å². The number of hydrogen-bond acceptors (Lipinski definition) is 2. The standard InChI is InChI=1S/C18H36N2/c1-5-16-13-20(17(6-2)12-19-16)18-9-7-8-15(11-18)10-14(3)4/h14-19H,5-13H2,1-4H3. The molecule has 2 rings (SSSR count). The third kappa shape index (κ3) is 4.21. The van der Waals surface area contributed by atoms with Crippen LogP contribution >= 0.6 is 0 Å². The SMILES string of the molecule is CCC1CN(C2CCCC(CC(C)C)C2)C(CC)CN1. The third-order valence-corrected chi connectivity index (χ3v) is 5.54. The maximum Gasteiger partial charge on any atom is 0.0221 e. The highest BCUT2D eigenvalue weighted by Crippen LogP contribution is 2.33. The molecule has 4 unspecified atom stereocenters. The Hall–Kier alpha value is -0.0800. The summed E-state index contributed by atoms with van der Waals surface area (Å²) < 4.78 is 0. The molecule has 2 nitrogen and oxygen atoms in total. The molecule has 0 spiro atoms. The van der Waals surface area contributed by atoms with Crippen LogP contribution in [0, 0.1) is 11.8 Å². The second kappa shape index (κ2) is 7.79. The van der Waals surface area contributed by atoms with Crippen molar-refractivity contribution in [1.29, 1.82) is 0 Å². The van der Waals surface area contributed by atoms with E-state index >= 15 is 0 Å². The average molecular weight is 280 g/mol. The van der Waals surface area contributed by atoms with E-state index in [2.05, 4.69) is 37.9 Å². The molecular weight excluding hydrogens is 244 g/mol. The van der Waals surface area contributed by atoms with Gasteiger partial charge < -0.3 is 5.32 Å². The molecule has 1 aliphatic heterocycles. The van der Waals surface area contributed by atoms with Crippen LogP contribution < -0.4 is 5.32 Å². The van der Waals surface area contributed by atoms with Crippen LogP contribution in [-0.4, -0.2) is 36.1 Å². The lowest BCUT2D eigenvalue weighted by Gasteiger charge is -2.47. The minimum Gasteiger partial charge on any atom is -0.311 e. The largest absolute Gasteiger partial charge is 0.311 e. The van der Waals surface area contributed by atoms with E-state index in [0.29, 0.717) is 0 Å². The number of piperazine rings is 1. The Morgan fingerprint density at radius 3 is 2.60 bits per heavy atom. The van der Waals surface area contributed by atoms with E-state index in [-0.39, 0.29) is 0 Å². The molecule has 0 aromatic carbocycles. The lowest BCUT2D eigenvalue weighted by molar-refractivity contribution is 0.0435. The number of nitrogens with zero attached hydrogens (tertiary/aromatic N) is 1. The second-order valence-corrected chi connectivity index (χ2v) is 7.59. The first-order valence-electron chi connectivity index (χ1n) is 9.13. The molecule has 1 saturated carbocycles. The summed E-state index contributed by atoms with van der Waals surface area (Å²) in [6.07, 6.45) is 9.86. The molecule has 2 aliphatic rings. The summed E-state index contributed by atoms with van der Waals surface area (Å²) in [5, 5.41) is 3.74. The number of nitrogens with one attached hydrogen (secondary N) is 1. The smallest absolute Gasteiger partial charge is 0.0221 e. The molecule has 4 atom stereocenters. The zero-order valence-corrected chi connectivity index (χ0v) is 14.2. The van der Waals surface area contributed by atoms with Crippen LogP contribution in [0.3, 0.4) is 0 Å².